The van der Waals surface area contributed by atoms with Gasteiger partial charge in [0, 0.05) is 0 Å². The summed E-state index contributed by atoms with van der Waals surface area (Å²) in [5.74, 6) is 0. The van der Waals surface area contributed by atoms with Gasteiger partial charge in [0.1, 0.15) is 0 Å². The summed E-state index contributed by atoms with van der Waals surface area (Å²) in [5, 5.41) is 9.32. The molecule has 1 atom stereocenters. The third-order valence-corrected chi connectivity index (χ3v) is 5.42. The van der Waals surface area contributed by atoms with E-state index in [9.17, 15) is 5.11 Å². The topological polar surface area (TPSA) is 20.2 Å². The summed E-state index contributed by atoms with van der Waals surface area (Å²) in [5.41, 5.74) is 0. The van der Waals surface area contributed by atoms with Crippen LogP contribution in [0.5, 0.6) is 0 Å². The molecular formula is C12H24OTe. The maximum atomic E-state index is 9.32. The van der Waals surface area contributed by atoms with Crippen molar-refractivity contribution >= 4 is 20.9 Å². The van der Waals surface area contributed by atoms with Gasteiger partial charge in [-0.15, -0.1) is 0 Å². The van der Waals surface area contributed by atoms with Gasteiger partial charge in [0.25, 0.3) is 0 Å². The molecule has 0 rings (SSSR count). The fourth-order valence-corrected chi connectivity index (χ4v) is 4.82. The molecule has 84 valence electrons. The molecule has 0 aliphatic carbocycles. The summed E-state index contributed by atoms with van der Waals surface area (Å²) < 4.78 is 2.99. The first-order chi connectivity index (χ1) is 6.70. The second-order valence-corrected chi connectivity index (χ2v) is 7.16. The van der Waals surface area contributed by atoms with E-state index in [1.54, 1.807) is 3.62 Å². The molecule has 0 aromatic carbocycles. The number of aliphatic hydroxyl groups excluding tert-OH is 1. The Hall–Kier alpha value is 0.490. The number of allylic oxidation sites excluding steroid dienone is 1. The molecule has 0 heterocycles. The molecule has 2 heteroatoms. The van der Waals surface area contributed by atoms with Crippen molar-refractivity contribution in [1.82, 2.24) is 0 Å². The SMILES string of the molecule is CCCC[Te]/C(=C\C(C)O)CCCC. The van der Waals surface area contributed by atoms with Crippen LogP contribution >= 0.6 is 0 Å². The first-order valence-electron chi connectivity index (χ1n) is 5.72. The Kier molecular flexibility index (Phi) is 10.4. The first-order valence-corrected chi connectivity index (χ1v) is 8.53. The molecule has 1 N–H and O–H groups in total. The number of rotatable bonds is 8. The second kappa shape index (κ2) is 10.0. The summed E-state index contributed by atoms with van der Waals surface area (Å²) >= 11 is 0.0308. The molecule has 0 amide bonds. The van der Waals surface area contributed by atoms with Gasteiger partial charge >= 0.3 is 99.2 Å². The van der Waals surface area contributed by atoms with Crippen LogP contribution in [0.4, 0.5) is 0 Å². The first kappa shape index (κ1) is 14.5. The molecule has 0 aliphatic heterocycles. The zero-order valence-corrected chi connectivity index (χ0v) is 12.1. The van der Waals surface area contributed by atoms with E-state index in [2.05, 4.69) is 19.9 Å². The van der Waals surface area contributed by atoms with Crippen molar-refractivity contribution < 1.29 is 5.11 Å². The minimum atomic E-state index is -0.242. The molecule has 0 radical (unpaired) electrons. The Morgan fingerprint density at radius 3 is 2.43 bits per heavy atom. The predicted molar refractivity (Wildman–Crippen MR) is 64.8 cm³/mol. The van der Waals surface area contributed by atoms with Crippen LogP contribution in [0.3, 0.4) is 0 Å². The van der Waals surface area contributed by atoms with Crippen molar-refractivity contribution in [2.24, 2.45) is 0 Å². The molecule has 0 saturated heterocycles. The molecule has 0 bridgehead atoms. The van der Waals surface area contributed by atoms with Crippen molar-refractivity contribution in [3.05, 3.63) is 9.70 Å². The van der Waals surface area contributed by atoms with Crippen LogP contribution in [-0.2, 0) is 0 Å². The van der Waals surface area contributed by atoms with Crippen LogP contribution in [0.2, 0.25) is 4.47 Å². The molecule has 0 spiro atoms. The molecule has 14 heavy (non-hydrogen) atoms. The van der Waals surface area contributed by atoms with Crippen LogP contribution in [-0.4, -0.2) is 32.1 Å². The van der Waals surface area contributed by atoms with E-state index < -0.39 is 0 Å². The third kappa shape index (κ3) is 9.06. The third-order valence-electron chi connectivity index (χ3n) is 1.99. The van der Waals surface area contributed by atoms with E-state index in [4.69, 9.17) is 0 Å². The van der Waals surface area contributed by atoms with Crippen molar-refractivity contribution in [3.8, 4) is 0 Å². The van der Waals surface area contributed by atoms with E-state index in [1.807, 2.05) is 6.92 Å². The van der Waals surface area contributed by atoms with Crippen LogP contribution in [0.1, 0.15) is 52.9 Å². The fourth-order valence-electron chi connectivity index (χ4n) is 1.17. The molecule has 0 aromatic heterocycles. The number of hydrogen-bond donors (Lipinski definition) is 1. The normalized spacial score (nSPS) is 14.4. The van der Waals surface area contributed by atoms with Gasteiger partial charge in [-0.05, 0) is 0 Å². The number of unbranched alkanes of at least 4 members (excludes halogenated alkanes) is 2. The molecule has 0 saturated carbocycles. The van der Waals surface area contributed by atoms with Crippen LogP contribution in [0, 0.1) is 0 Å². The van der Waals surface area contributed by atoms with Gasteiger partial charge in [0.15, 0.2) is 0 Å². The average Bonchev–Trinajstić information content (AvgIpc) is 2.13. The van der Waals surface area contributed by atoms with Gasteiger partial charge < -0.3 is 0 Å². The van der Waals surface area contributed by atoms with Crippen molar-refractivity contribution in [1.29, 1.82) is 0 Å². The van der Waals surface area contributed by atoms with Gasteiger partial charge in [0.2, 0.25) is 0 Å². The van der Waals surface area contributed by atoms with E-state index in [0.717, 1.165) is 0 Å². The average molecular weight is 312 g/mol. The summed E-state index contributed by atoms with van der Waals surface area (Å²) in [4.78, 5) is 0. The fraction of sp³-hybridized carbons (Fsp3) is 0.833. The quantitative estimate of drug-likeness (QED) is 0.538. The van der Waals surface area contributed by atoms with Gasteiger partial charge in [-0.2, -0.15) is 0 Å². The standard InChI is InChI=1S/C12H24OTe/c1-4-6-8-12(10-11(3)13)14-9-7-5-2/h10-11,13H,4-9H2,1-3H3/b12-10-. The molecule has 1 unspecified atom stereocenters. The maximum absolute atomic E-state index is 9.32. The van der Waals surface area contributed by atoms with Gasteiger partial charge in [-0.1, -0.05) is 0 Å². The Labute approximate surface area is 99.1 Å². The summed E-state index contributed by atoms with van der Waals surface area (Å²) in [6.07, 6.45) is 8.30. The summed E-state index contributed by atoms with van der Waals surface area (Å²) in [6.45, 7) is 6.34. The molecule has 1 nitrogen and oxygen atoms in total. The molecule has 0 aliphatic rings. The van der Waals surface area contributed by atoms with Gasteiger partial charge in [-0.25, -0.2) is 0 Å². The summed E-state index contributed by atoms with van der Waals surface area (Å²) in [7, 11) is 0. The van der Waals surface area contributed by atoms with E-state index in [-0.39, 0.29) is 27.0 Å². The van der Waals surface area contributed by atoms with E-state index in [1.165, 1.54) is 36.6 Å². The number of aliphatic hydroxyl groups is 1. The Morgan fingerprint density at radius 2 is 1.93 bits per heavy atom. The predicted octanol–water partition coefficient (Wildman–Crippen LogP) is 3.36. The van der Waals surface area contributed by atoms with E-state index >= 15 is 0 Å². The van der Waals surface area contributed by atoms with Crippen LogP contribution < -0.4 is 0 Å². The van der Waals surface area contributed by atoms with Gasteiger partial charge in [0.05, 0.1) is 0 Å². The zero-order chi connectivity index (χ0) is 10.8. The van der Waals surface area contributed by atoms with Crippen molar-refractivity contribution in [3.63, 3.8) is 0 Å². The van der Waals surface area contributed by atoms with Crippen molar-refractivity contribution in [2.45, 2.75) is 63.4 Å². The van der Waals surface area contributed by atoms with Crippen LogP contribution in [0.25, 0.3) is 0 Å². The second-order valence-electron chi connectivity index (χ2n) is 3.68. The Balaban J connectivity index is 3.84. The molecular weight excluding hydrogens is 288 g/mol. The number of hydrogen-bond acceptors (Lipinski definition) is 1. The van der Waals surface area contributed by atoms with Crippen molar-refractivity contribution in [2.75, 3.05) is 0 Å². The Bertz CT molecular complexity index is 152. The van der Waals surface area contributed by atoms with Crippen LogP contribution in [0.15, 0.2) is 9.70 Å². The molecule has 0 fully saturated rings. The molecule has 0 aromatic rings. The zero-order valence-electron chi connectivity index (χ0n) is 9.75. The van der Waals surface area contributed by atoms with E-state index in [0.29, 0.717) is 0 Å². The summed E-state index contributed by atoms with van der Waals surface area (Å²) in [6, 6.07) is 0. The van der Waals surface area contributed by atoms with Gasteiger partial charge in [-0.3, -0.25) is 0 Å². The minimum absolute atomic E-state index is 0.0308. The monoisotopic (exact) mass is 314 g/mol. The Morgan fingerprint density at radius 1 is 1.29 bits per heavy atom.